The van der Waals surface area contributed by atoms with Gasteiger partial charge < -0.3 is 10.4 Å². The van der Waals surface area contributed by atoms with Crippen molar-refractivity contribution in [1.82, 2.24) is 5.32 Å². The second kappa shape index (κ2) is 8.47. The van der Waals surface area contributed by atoms with E-state index >= 15 is 0 Å². The van der Waals surface area contributed by atoms with Crippen molar-refractivity contribution in [3.63, 3.8) is 0 Å². The second-order valence-electron chi connectivity index (χ2n) is 6.45. The normalized spacial score (nSPS) is 14.8. The number of hydrogen-bond donors (Lipinski definition) is 2. The standard InChI is InChI=1S/C18H25NO5S/c1-2-3-7-16(18(21)22)19-17(20)10-11-25(23,24)15-9-8-13-5-4-6-14(13)12-15/h8-9,12,16H,2-7,10-11H2,1H3,(H,19,20)(H,21,22)/t16-/m0/s1. The highest BCUT2D eigenvalue weighted by atomic mass is 32.2. The van der Waals surface area contributed by atoms with Crippen LogP contribution in [0.25, 0.3) is 0 Å². The van der Waals surface area contributed by atoms with Crippen LogP contribution in [-0.2, 0) is 32.3 Å². The summed E-state index contributed by atoms with van der Waals surface area (Å²) in [5.74, 6) is -1.96. The van der Waals surface area contributed by atoms with E-state index in [0.29, 0.717) is 12.8 Å². The van der Waals surface area contributed by atoms with Crippen LogP contribution in [0.4, 0.5) is 0 Å². The summed E-state index contributed by atoms with van der Waals surface area (Å²) in [6, 6.07) is 4.19. The number of carboxylic acid groups (broad SMARTS) is 1. The van der Waals surface area contributed by atoms with E-state index < -0.39 is 27.8 Å². The predicted octanol–water partition coefficient (Wildman–Crippen LogP) is 2.10. The molecular formula is C18H25NO5S. The molecule has 7 heteroatoms. The Labute approximate surface area is 148 Å². The number of carbonyl (C=O) groups is 2. The third-order valence-electron chi connectivity index (χ3n) is 4.51. The molecule has 1 amide bonds. The predicted molar refractivity (Wildman–Crippen MR) is 94.2 cm³/mol. The van der Waals surface area contributed by atoms with Crippen LogP contribution in [0.15, 0.2) is 23.1 Å². The monoisotopic (exact) mass is 367 g/mol. The maximum absolute atomic E-state index is 12.4. The van der Waals surface area contributed by atoms with Gasteiger partial charge in [0.25, 0.3) is 0 Å². The Kier molecular flexibility index (Phi) is 6.58. The van der Waals surface area contributed by atoms with Gasteiger partial charge in [-0.3, -0.25) is 4.79 Å². The van der Waals surface area contributed by atoms with Gasteiger partial charge in [0.05, 0.1) is 10.6 Å². The van der Waals surface area contributed by atoms with Crippen LogP contribution >= 0.6 is 0 Å². The minimum Gasteiger partial charge on any atom is -0.480 e. The lowest BCUT2D eigenvalue weighted by Gasteiger charge is -2.14. The molecule has 1 aliphatic carbocycles. The van der Waals surface area contributed by atoms with Crippen molar-refractivity contribution in [2.24, 2.45) is 0 Å². The van der Waals surface area contributed by atoms with E-state index in [2.05, 4.69) is 5.32 Å². The average Bonchev–Trinajstić information content (AvgIpc) is 3.04. The summed E-state index contributed by atoms with van der Waals surface area (Å²) < 4.78 is 24.9. The zero-order chi connectivity index (χ0) is 18.4. The summed E-state index contributed by atoms with van der Waals surface area (Å²) in [6.45, 7) is 1.93. The Hall–Kier alpha value is -1.89. The van der Waals surface area contributed by atoms with Crippen molar-refractivity contribution < 1.29 is 23.1 Å². The van der Waals surface area contributed by atoms with Crippen LogP contribution in [0.5, 0.6) is 0 Å². The molecule has 2 rings (SSSR count). The largest absolute Gasteiger partial charge is 0.480 e. The zero-order valence-electron chi connectivity index (χ0n) is 14.5. The molecule has 1 atom stereocenters. The SMILES string of the molecule is CCCC[C@H](NC(=O)CCS(=O)(=O)c1ccc2c(c1)CCC2)C(=O)O. The maximum Gasteiger partial charge on any atom is 0.326 e. The number of hydrogen-bond acceptors (Lipinski definition) is 4. The third kappa shape index (κ3) is 5.29. The summed E-state index contributed by atoms with van der Waals surface area (Å²) in [5.41, 5.74) is 2.26. The Morgan fingerprint density at radius 1 is 1.24 bits per heavy atom. The lowest BCUT2D eigenvalue weighted by atomic mass is 10.1. The molecule has 25 heavy (non-hydrogen) atoms. The van der Waals surface area contributed by atoms with Crippen molar-refractivity contribution in [1.29, 1.82) is 0 Å². The van der Waals surface area contributed by atoms with Gasteiger partial charge in [0.15, 0.2) is 9.84 Å². The Morgan fingerprint density at radius 2 is 1.96 bits per heavy atom. The maximum atomic E-state index is 12.4. The lowest BCUT2D eigenvalue weighted by Crippen LogP contribution is -2.41. The first-order valence-electron chi connectivity index (χ1n) is 8.70. The van der Waals surface area contributed by atoms with Gasteiger partial charge in [-0.15, -0.1) is 0 Å². The molecule has 1 aromatic carbocycles. The number of unbranched alkanes of at least 4 members (excludes halogenated alkanes) is 1. The molecule has 1 aliphatic rings. The van der Waals surface area contributed by atoms with Crippen LogP contribution < -0.4 is 5.32 Å². The van der Waals surface area contributed by atoms with Crippen LogP contribution in [-0.4, -0.2) is 37.2 Å². The van der Waals surface area contributed by atoms with Gasteiger partial charge >= 0.3 is 5.97 Å². The fraction of sp³-hybridized carbons (Fsp3) is 0.556. The fourth-order valence-corrected chi connectivity index (χ4v) is 4.31. The third-order valence-corrected chi connectivity index (χ3v) is 6.22. The Bertz CT molecular complexity index is 742. The van der Waals surface area contributed by atoms with Gasteiger partial charge in [-0.25, -0.2) is 13.2 Å². The molecule has 138 valence electrons. The van der Waals surface area contributed by atoms with E-state index in [1.807, 2.05) is 13.0 Å². The zero-order valence-corrected chi connectivity index (χ0v) is 15.3. The van der Waals surface area contributed by atoms with E-state index in [1.165, 1.54) is 5.56 Å². The number of amides is 1. The number of nitrogens with one attached hydrogen (secondary N) is 1. The van der Waals surface area contributed by atoms with Crippen LogP contribution in [0, 0.1) is 0 Å². The minimum absolute atomic E-state index is 0.238. The van der Waals surface area contributed by atoms with Crippen molar-refractivity contribution in [3.8, 4) is 0 Å². The molecule has 0 radical (unpaired) electrons. The van der Waals surface area contributed by atoms with E-state index in [1.54, 1.807) is 12.1 Å². The number of aryl methyl sites for hydroxylation is 2. The van der Waals surface area contributed by atoms with E-state index in [-0.39, 0.29) is 17.1 Å². The van der Waals surface area contributed by atoms with Gasteiger partial charge in [0.1, 0.15) is 6.04 Å². The van der Waals surface area contributed by atoms with Gasteiger partial charge in [-0.05, 0) is 48.9 Å². The first-order valence-corrected chi connectivity index (χ1v) is 10.4. The number of aliphatic carboxylic acids is 1. The highest BCUT2D eigenvalue weighted by molar-refractivity contribution is 7.91. The van der Waals surface area contributed by atoms with Crippen molar-refractivity contribution in [2.45, 2.75) is 62.8 Å². The second-order valence-corrected chi connectivity index (χ2v) is 8.56. The molecule has 0 aliphatic heterocycles. The topological polar surface area (TPSA) is 101 Å². The average molecular weight is 367 g/mol. The summed E-state index contributed by atoms with van der Waals surface area (Å²) in [7, 11) is -3.56. The van der Waals surface area contributed by atoms with Gasteiger partial charge in [-0.1, -0.05) is 25.8 Å². The summed E-state index contributed by atoms with van der Waals surface area (Å²) in [5, 5.41) is 11.5. The number of sulfone groups is 1. The van der Waals surface area contributed by atoms with E-state index in [9.17, 15) is 18.0 Å². The van der Waals surface area contributed by atoms with Gasteiger partial charge in [-0.2, -0.15) is 0 Å². The molecule has 0 spiro atoms. The first kappa shape index (κ1) is 19.4. The Morgan fingerprint density at radius 3 is 2.64 bits per heavy atom. The number of rotatable bonds is 9. The minimum atomic E-state index is -3.56. The lowest BCUT2D eigenvalue weighted by molar-refractivity contribution is -0.142. The molecule has 0 fully saturated rings. The molecule has 0 saturated heterocycles. The van der Waals surface area contributed by atoms with Crippen LogP contribution in [0.1, 0.15) is 50.2 Å². The first-order chi connectivity index (χ1) is 11.8. The summed E-state index contributed by atoms with van der Waals surface area (Å²) in [6.07, 6.45) is 4.51. The van der Waals surface area contributed by atoms with Crippen LogP contribution in [0.2, 0.25) is 0 Å². The van der Waals surface area contributed by atoms with E-state index in [0.717, 1.165) is 31.2 Å². The Balaban J connectivity index is 1.94. The molecule has 0 unspecified atom stereocenters. The van der Waals surface area contributed by atoms with E-state index in [4.69, 9.17) is 5.11 Å². The summed E-state index contributed by atoms with van der Waals surface area (Å²) in [4.78, 5) is 23.3. The highest BCUT2D eigenvalue weighted by Crippen LogP contribution is 2.25. The molecular weight excluding hydrogens is 342 g/mol. The molecule has 0 aromatic heterocycles. The number of carboxylic acids is 1. The molecule has 0 bridgehead atoms. The molecule has 0 saturated carbocycles. The number of fused-ring (bicyclic) bond motifs is 1. The molecule has 0 heterocycles. The van der Waals surface area contributed by atoms with Gasteiger partial charge in [0, 0.05) is 6.42 Å². The smallest absolute Gasteiger partial charge is 0.326 e. The van der Waals surface area contributed by atoms with Crippen molar-refractivity contribution in [3.05, 3.63) is 29.3 Å². The molecule has 1 aromatic rings. The van der Waals surface area contributed by atoms with Crippen LogP contribution in [0.3, 0.4) is 0 Å². The number of benzene rings is 1. The fourth-order valence-electron chi connectivity index (χ4n) is 3.02. The molecule has 2 N–H and O–H groups in total. The number of carbonyl (C=O) groups excluding carboxylic acids is 1. The molecule has 6 nitrogen and oxygen atoms in total. The van der Waals surface area contributed by atoms with Crippen molar-refractivity contribution >= 4 is 21.7 Å². The highest BCUT2D eigenvalue weighted by Gasteiger charge is 2.22. The van der Waals surface area contributed by atoms with Crippen molar-refractivity contribution in [2.75, 3.05) is 5.75 Å². The van der Waals surface area contributed by atoms with Gasteiger partial charge in [0.2, 0.25) is 5.91 Å². The quantitative estimate of drug-likeness (QED) is 0.696. The summed E-state index contributed by atoms with van der Waals surface area (Å²) >= 11 is 0.